The van der Waals surface area contributed by atoms with Gasteiger partial charge in [0.25, 0.3) is 0 Å². The standard InChI is InChI=1S/C27H31N7OS/c28-26-25-24(17-34(27(25)30-18-29-26)23-13-20(14-23)16-33-10-5-11-33)21-7-4-6-19(12-21)15-31-36(35)32-22-8-2-1-3-9-22/h1-4,6-9,12,17-18,20,23,31-32H,5,10-11,13-16H2,(H2,28,29,30). The number of nitrogens with zero attached hydrogens (tertiary/aromatic N) is 4. The van der Waals surface area contributed by atoms with E-state index in [4.69, 9.17) is 5.73 Å². The van der Waals surface area contributed by atoms with E-state index in [0.29, 0.717) is 18.4 Å². The van der Waals surface area contributed by atoms with Crippen molar-refractivity contribution in [3.8, 4) is 11.1 Å². The second kappa shape index (κ2) is 10.0. The molecule has 186 valence electrons. The molecule has 1 aliphatic carbocycles. The number of anilines is 2. The molecule has 2 aromatic heterocycles. The van der Waals surface area contributed by atoms with Crippen molar-refractivity contribution in [2.45, 2.75) is 31.8 Å². The average Bonchev–Trinajstić information content (AvgIpc) is 3.22. The van der Waals surface area contributed by atoms with Crippen LogP contribution in [0.1, 0.15) is 30.9 Å². The van der Waals surface area contributed by atoms with Crippen LogP contribution in [0.5, 0.6) is 0 Å². The minimum Gasteiger partial charge on any atom is -0.383 e. The maximum absolute atomic E-state index is 12.4. The zero-order valence-corrected chi connectivity index (χ0v) is 21.0. The lowest BCUT2D eigenvalue weighted by Gasteiger charge is -2.42. The SMILES string of the molecule is Nc1ncnc2c1c(-c1cccc(CNS(=O)Nc3ccccc3)c1)cn2C1CC(CN2CCC2)C1. The van der Waals surface area contributed by atoms with Gasteiger partial charge >= 0.3 is 0 Å². The molecule has 36 heavy (non-hydrogen) atoms. The lowest BCUT2D eigenvalue weighted by Crippen LogP contribution is -2.43. The molecule has 1 aliphatic heterocycles. The van der Waals surface area contributed by atoms with Crippen molar-refractivity contribution in [3.05, 3.63) is 72.7 Å². The lowest BCUT2D eigenvalue weighted by atomic mass is 9.79. The highest BCUT2D eigenvalue weighted by Gasteiger charge is 2.34. The van der Waals surface area contributed by atoms with E-state index in [2.05, 4.69) is 47.2 Å². The number of hydrogen-bond acceptors (Lipinski definition) is 5. The third-order valence-electron chi connectivity index (χ3n) is 7.34. The Morgan fingerprint density at radius 3 is 2.67 bits per heavy atom. The number of aromatic nitrogens is 3. The van der Waals surface area contributed by atoms with E-state index in [9.17, 15) is 4.21 Å². The van der Waals surface area contributed by atoms with E-state index in [1.54, 1.807) is 6.33 Å². The van der Waals surface area contributed by atoms with Gasteiger partial charge in [-0.15, -0.1) is 0 Å². The Morgan fingerprint density at radius 1 is 1.06 bits per heavy atom. The summed E-state index contributed by atoms with van der Waals surface area (Å²) in [5, 5.41) is 0.906. The highest BCUT2D eigenvalue weighted by Crippen LogP contribution is 2.43. The molecule has 1 unspecified atom stereocenters. The molecule has 1 saturated heterocycles. The summed E-state index contributed by atoms with van der Waals surface area (Å²) in [6.07, 6.45) is 7.44. The van der Waals surface area contributed by atoms with Crippen LogP contribution in [0, 0.1) is 5.92 Å². The number of nitrogens with two attached hydrogens (primary N) is 1. The summed E-state index contributed by atoms with van der Waals surface area (Å²) in [4.78, 5) is 11.5. The van der Waals surface area contributed by atoms with Crippen LogP contribution < -0.4 is 15.2 Å². The third-order valence-corrected chi connectivity index (χ3v) is 8.17. The van der Waals surface area contributed by atoms with E-state index >= 15 is 0 Å². The minimum absolute atomic E-state index is 0.443. The van der Waals surface area contributed by atoms with Crippen LogP contribution in [0.15, 0.2) is 67.1 Å². The largest absolute Gasteiger partial charge is 0.383 e. The maximum atomic E-state index is 12.4. The molecule has 4 aromatic rings. The molecule has 3 heterocycles. The maximum Gasteiger partial charge on any atom is 0.193 e. The molecule has 0 amide bonds. The van der Waals surface area contributed by atoms with E-state index in [1.807, 2.05) is 42.5 Å². The molecule has 9 heteroatoms. The first kappa shape index (κ1) is 23.1. The number of benzene rings is 2. The molecule has 6 rings (SSSR count). The molecule has 1 atom stereocenters. The van der Waals surface area contributed by atoms with Gasteiger partial charge in [0.1, 0.15) is 17.8 Å². The van der Waals surface area contributed by atoms with E-state index in [0.717, 1.165) is 39.3 Å². The van der Waals surface area contributed by atoms with Crippen molar-refractivity contribution in [2.75, 3.05) is 30.1 Å². The summed E-state index contributed by atoms with van der Waals surface area (Å²) in [5.41, 5.74) is 11.2. The van der Waals surface area contributed by atoms with Gasteiger partial charge in [-0.05, 0) is 67.6 Å². The van der Waals surface area contributed by atoms with Crippen LogP contribution in [-0.4, -0.2) is 43.3 Å². The molecule has 2 fully saturated rings. The molecular weight excluding hydrogens is 470 g/mol. The van der Waals surface area contributed by atoms with Gasteiger partial charge in [0.2, 0.25) is 0 Å². The predicted octanol–water partition coefficient (Wildman–Crippen LogP) is 4.12. The van der Waals surface area contributed by atoms with Crippen molar-refractivity contribution in [3.63, 3.8) is 0 Å². The fourth-order valence-electron chi connectivity index (χ4n) is 5.26. The summed E-state index contributed by atoms with van der Waals surface area (Å²) in [6, 6.07) is 18.2. The Balaban J connectivity index is 1.20. The van der Waals surface area contributed by atoms with E-state index in [1.165, 1.54) is 38.9 Å². The zero-order valence-electron chi connectivity index (χ0n) is 20.1. The quantitative estimate of drug-likeness (QED) is 0.320. The molecule has 8 nitrogen and oxygen atoms in total. The zero-order chi connectivity index (χ0) is 24.5. The van der Waals surface area contributed by atoms with Crippen LogP contribution in [-0.2, 0) is 17.7 Å². The second-order valence-electron chi connectivity index (χ2n) is 9.81. The molecule has 0 radical (unpaired) electrons. The topological polar surface area (TPSA) is 101 Å². The number of nitrogens with one attached hydrogen (secondary N) is 2. The Hall–Kier alpha value is -3.27. The number of rotatable bonds is 9. The molecule has 4 N–H and O–H groups in total. The number of likely N-dealkylation sites (tertiary alicyclic amines) is 1. The average molecular weight is 502 g/mol. The van der Waals surface area contributed by atoms with E-state index in [-0.39, 0.29) is 0 Å². The summed E-state index contributed by atoms with van der Waals surface area (Å²) >= 11 is -1.40. The van der Waals surface area contributed by atoms with Crippen molar-refractivity contribution < 1.29 is 4.21 Å². The van der Waals surface area contributed by atoms with Gasteiger partial charge in [0, 0.05) is 36.6 Å². The second-order valence-corrected chi connectivity index (χ2v) is 10.8. The van der Waals surface area contributed by atoms with Gasteiger partial charge in [0.15, 0.2) is 11.2 Å². The van der Waals surface area contributed by atoms with Gasteiger partial charge in [-0.25, -0.2) is 18.9 Å². The van der Waals surface area contributed by atoms with Gasteiger partial charge in [0.05, 0.1) is 5.39 Å². The smallest absolute Gasteiger partial charge is 0.193 e. The highest BCUT2D eigenvalue weighted by molar-refractivity contribution is 7.84. The van der Waals surface area contributed by atoms with Crippen molar-refractivity contribution in [1.29, 1.82) is 0 Å². The summed E-state index contributed by atoms with van der Waals surface area (Å²) in [6.45, 7) is 4.19. The highest BCUT2D eigenvalue weighted by atomic mass is 32.2. The first-order valence-corrected chi connectivity index (χ1v) is 13.7. The van der Waals surface area contributed by atoms with Gasteiger partial charge in [-0.3, -0.25) is 4.72 Å². The van der Waals surface area contributed by atoms with Crippen molar-refractivity contribution >= 4 is 33.7 Å². The number of fused-ring (bicyclic) bond motifs is 1. The van der Waals surface area contributed by atoms with Crippen molar-refractivity contribution in [2.24, 2.45) is 5.92 Å². The van der Waals surface area contributed by atoms with Gasteiger partial charge < -0.3 is 15.2 Å². The Morgan fingerprint density at radius 2 is 1.89 bits per heavy atom. The van der Waals surface area contributed by atoms with Crippen LogP contribution in [0.2, 0.25) is 0 Å². The van der Waals surface area contributed by atoms with Crippen LogP contribution >= 0.6 is 0 Å². The third kappa shape index (κ3) is 4.74. The fraction of sp³-hybridized carbons (Fsp3) is 0.333. The van der Waals surface area contributed by atoms with E-state index < -0.39 is 11.2 Å². The van der Waals surface area contributed by atoms with Gasteiger partial charge in [-0.1, -0.05) is 36.4 Å². The summed E-state index contributed by atoms with van der Waals surface area (Å²) in [7, 11) is 0. The van der Waals surface area contributed by atoms with Crippen LogP contribution in [0.3, 0.4) is 0 Å². The number of nitrogen functional groups attached to an aromatic ring is 1. The summed E-state index contributed by atoms with van der Waals surface area (Å²) in [5.74, 6) is 1.26. The summed E-state index contributed by atoms with van der Waals surface area (Å²) < 4.78 is 20.8. The molecule has 0 spiro atoms. The normalized spacial score (nSPS) is 20.6. The minimum atomic E-state index is -1.40. The fourth-order valence-corrected chi connectivity index (χ4v) is 5.98. The molecule has 2 aromatic carbocycles. The molecule has 0 bridgehead atoms. The Kier molecular flexibility index (Phi) is 6.43. The molecule has 1 saturated carbocycles. The Labute approximate surface area is 213 Å². The number of hydrogen-bond donors (Lipinski definition) is 3. The van der Waals surface area contributed by atoms with Crippen molar-refractivity contribution in [1.82, 2.24) is 24.2 Å². The molecule has 2 aliphatic rings. The predicted molar refractivity (Wildman–Crippen MR) is 145 cm³/mol. The van der Waals surface area contributed by atoms with Gasteiger partial charge in [-0.2, -0.15) is 0 Å². The lowest BCUT2D eigenvalue weighted by molar-refractivity contribution is 0.0921. The number of para-hydroxylation sites is 1. The first-order chi connectivity index (χ1) is 17.6. The molecular formula is C27H31N7OS. The monoisotopic (exact) mass is 501 g/mol. The first-order valence-electron chi connectivity index (χ1n) is 12.5. The van der Waals surface area contributed by atoms with Crippen LogP contribution in [0.25, 0.3) is 22.2 Å². The van der Waals surface area contributed by atoms with Crippen LogP contribution in [0.4, 0.5) is 11.5 Å². The Bertz CT molecular complexity index is 1380.